The van der Waals surface area contributed by atoms with Gasteiger partial charge in [0, 0.05) is 41.7 Å². The summed E-state index contributed by atoms with van der Waals surface area (Å²) in [7, 11) is 0. The Morgan fingerprint density at radius 1 is 1.19 bits per heavy atom. The molecule has 0 unspecified atom stereocenters. The van der Waals surface area contributed by atoms with Crippen molar-refractivity contribution in [1.82, 2.24) is 9.36 Å². The number of nitrogens with zero attached hydrogens (tertiary/aromatic N) is 3. The topological polar surface area (TPSA) is 38.2 Å². The molecule has 0 N–H and O–H groups in total. The lowest BCUT2D eigenvalue weighted by atomic mass is 9.85. The SMILES string of the molecule is Fc1cc(F)cc(-c2nsc(N3CCC4(COC4)C3)n2)c1. The van der Waals surface area contributed by atoms with Crippen molar-refractivity contribution in [3.63, 3.8) is 0 Å². The number of aromatic nitrogens is 2. The van der Waals surface area contributed by atoms with Gasteiger partial charge in [0.15, 0.2) is 5.82 Å². The first kappa shape index (κ1) is 13.1. The summed E-state index contributed by atoms with van der Waals surface area (Å²) in [6, 6.07) is 3.35. The molecule has 4 nitrogen and oxygen atoms in total. The summed E-state index contributed by atoms with van der Waals surface area (Å²) in [5, 5.41) is 0.804. The van der Waals surface area contributed by atoms with E-state index in [4.69, 9.17) is 4.74 Å². The average molecular weight is 309 g/mol. The standard InChI is InChI=1S/C14H13F2N3OS/c15-10-3-9(4-11(16)5-10)12-17-13(21-18-12)19-2-1-14(6-19)7-20-8-14/h3-5H,1-2,6-8H2. The smallest absolute Gasteiger partial charge is 0.205 e. The van der Waals surface area contributed by atoms with Crippen LogP contribution in [0.4, 0.5) is 13.9 Å². The Labute approximate surface area is 124 Å². The van der Waals surface area contributed by atoms with Gasteiger partial charge in [0.05, 0.1) is 13.2 Å². The quantitative estimate of drug-likeness (QED) is 0.855. The predicted octanol–water partition coefficient (Wildman–Crippen LogP) is 2.71. The number of halogens is 2. The number of anilines is 1. The van der Waals surface area contributed by atoms with Gasteiger partial charge in [0.2, 0.25) is 5.13 Å². The first-order chi connectivity index (χ1) is 10.1. The molecular formula is C14H13F2N3OS. The third-order valence-electron chi connectivity index (χ3n) is 4.06. The van der Waals surface area contributed by atoms with Gasteiger partial charge in [0.1, 0.15) is 11.6 Å². The van der Waals surface area contributed by atoms with Crippen LogP contribution in [0, 0.1) is 17.0 Å². The summed E-state index contributed by atoms with van der Waals surface area (Å²) in [6.45, 7) is 3.46. The van der Waals surface area contributed by atoms with Crippen molar-refractivity contribution in [2.24, 2.45) is 5.41 Å². The van der Waals surface area contributed by atoms with E-state index in [9.17, 15) is 8.78 Å². The normalized spacial score (nSPS) is 20.0. The molecule has 1 aromatic heterocycles. The number of hydrogen-bond donors (Lipinski definition) is 0. The largest absolute Gasteiger partial charge is 0.380 e. The minimum atomic E-state index is -0.618. The molecule has 2 aromatic rings. The molecule has 0 atom stereocenters. The third-order valence-corrected chi connectivity index (χ3v) is 4.84. The highest BCUT2D eigenvalue weighted by molar-refractivity contribution is 7.09. The highest BCUT2D eigenvalue weighted by atomic mass is 32.1. The van der Waals surface area contributed by atoms with Crippen LogP contribution in [0.1, 0.15) is 6.42 Å². The fraction of sp³-hybridized carbons (Fsp3) is 0.429. The molecule has 2 aliphatic heterocycles. The van der Waals surface area contributed by atoms with Crippen LogP contribution in [-0.4, -0.2) is 35.7 Å². The highest BCUT2D eigenvalue weighted by Crippen LogP contribution is 2.40. The van der Waals surface area contributed by atoms with Crippen molar-refractivity contribution in [2.45, 2.75) is 6.42 Å². The summed E-state index contributed by atoms with van der Waals surface area (Å²) in [6.07, 6.45) is 1.09. The van der Waals surface area contributed by atoms with Crippen LogP contribution >= 0.6 is 11.5 Å². The Balaban J connectivity index is 1.58. The van der Waals surface area contributed by atoms with Crippen LogP contribution in [0.3, 0.4) is 0 Å². The monoisotopic (exact) mass is 309 g/mol. The number of benzene rings is 1. The number of rotatable bonds is 2. The zero-order chi connectivity index (χ0) is 14.4. The first-order valence-electron chi connectivity index (χ1n) is 6.77. The molecule has 2 saturated heterocycles. The van der Waals surface area contributed by atoms with Gasteiger partial charge < -0.3 is 9.64 Å². The van der Waals surface area contributed by atoms with Crippen LogP contribution in [0.25, 0.3) is 11.4 Å². The minimum absolute atomic E-state index is 0.275. The number of hydrogen-bond acceptors (Lipinski definition) is 5. The maximum Gasteiger partial charge on any atom is 0.205 e. The second kappa shape index (κ2) is 4.71. The molecule has 0 bridgehead atoms. The van der Waals surface area contributed by atoms with Crippen molar-refractivity contribution < 1.29 is 13.5 Å². The molecule has 1 aromatic carbocycles. The summed E-state index contributed by atoms with van der Waals surface area (Å²) in [5.41, 5.74) is 0.646. The molecule has 0 amide bonds. The van der Waals surface area contributed by atoms with Gasteiger partial charge in [-0.25, -0.2) is 8.78 Å². The molecule has 2 aliphatic rings. The molecule has 3 heterocycles. The molecule has 21 heavy (non-hydrogen) atoms. The predicted molar refractivity (Wildman–Crippen MR) is 75.3 cm³/mol. The van der Waals surface area contributed by atoms with Gasteiger partial charge in [-0.1, -0.05) is 0 Å². The highest BCUT2D eigenvalue weighted by Gasteiger charge is 2.45. The van der Waals surface area contributed by atoms with E-state index >= 15 is 0 Å². The van der Waals surface area contributed by atoms with Crippen molar-refractivity contribution in [3.8, 4) is 11.4 Å². The van der Waals surface area contributed by atoms with Crippen LogP contribution in [0.5, 0.6) is 0 Å². The van der Waals surface area contributed by atoms with E-state index in [1.807, 2.05) is 0 Å². The molecular weight excluding hydrogens is 296 g/mol. The first-order valence-corrected chi connectivity index (χ1v) is 7.54. The molecule has 0 radical (unpaired) electrons. The van der Waals surface area contributed by atoms with Gasteiger partial charge in [-0.3, -0.25) is 0 Å². The lowest BCUT2D eigenvalue weighted by Gasteiger charge is -2.37. The summed E-state index contributed by atoms with van der Waals surface area (Å²) < 4.78 is 36.1. The summed E-state index contributed by atoms with van der Waals surface area (Å²) >= 11 is 1.27. The van der Waals surface area contributed by atoms with E-state index in [-0.39, 0.29) is 5.41 Å². The van der Waals surface area contributed by atoms with Gasteiger partial charge >= 0.3 is 0 Å². The average Bonchev–Trinajstić information content (AvgIpc) is 3.04. The third kappa shape index (κ3) is 2.30. The molecule has 0 aliphatic carbocycles. The Kier molecular flexibility index (Phi) is 2.93. The zero-order valence-corrected chi connectivity index (χ0v) is 12.0. The van der Waals surface area contributed by atoms with E-state index < -0.39 is 11.6 Å². The van der Waals surface area contributed by atoms with Gasteiger partial charge in [-0.2, -0.15) is 9.36 Å². The second-order valence-electron chi connectivity index (χ2n) is 5.72. The van der Waals surface area contributed by atoms with Gasteiger partial charge in [-0.15, -0.1) is 0 Å². The molecule has 110 valence electrons. The van der Waals surface area contributed by atoms with E-state index in [1.54, 1.807) is 0 Å². The van der Waals surface area contributed by atoms with Crippen LogP contribution in [-0.2, 0) is 4.74 Å². The Morgan fingerprint density at radius 2 is 1.95 bits per heavy atom. The van der Waals surface area contributed by atoms with E-state index in [0.717, 1.165) is 43.9 Å². The van der Waals surface area contributed by atoms with Crippen molar-refractivity contribution in [1.29, 1.82) is 0 Å². The van der Waals surface area contributed by atoms with Crippen LogP contribution in [0.15, 0.2) is 18.2 Å². The minimum Gasteiger partial charge on any atom is -0.380 e. The van der Waals surface area contributed by atoms with Gasteiger partial charge in [-0.05, 0) is 18.6 Å². The zero-order valence-electron chi connectivity index (χ0n) is 11.2. The molecule has 7 heteroatoms. The number of ether oxygens (including phenoxy) is 1. The van der Waals surface area contributed by atoms with Crippen molar-refractivity contribution in [3.05, 3.63) is 29.8 Å². The van der Waals surface area contributed by atoms with Crippen LogP contribution < -0.4 is 4.90 Å². The molecule has 4 rings (SSSR count). The fourth-order valence-corrected chi connectivity index (χ4v) is 3.58. The fourth-order valence-electron chi connectivity index (χ4n) is 2.87. The Bertz CT molecular complexity index is 666. The maximum absolute atomic E-state index is 13.3. The Hall–Kier alpha value is -1.60. The second-order valence-corrected chi connectivity index (χ2v) is 6.45. The van der Waals surface area contributed by atoms with Crippen molar-refractivity contribution >= 4 is 16.7 Å². The van der Waals surface area contributed by atoms with Gasteiger partial charge in [0.25, 0.3) is 0 Å². The van der Waals surface area contributed by atoms with E-state index in [2.05, 4.69) is 14.3 Å². The van der Waals surface area contributed by atoms with Crippen molar-refractivity contribution in [2.75, 3.05) is 31.2 Å². The van der Waals surface area contributed by atoms with Crippen LogP contribution in [0.2, 0.25) is 0 Å². The lowest BCUT2D eigenvalue weighted by Crippen LogP contribution is -2.44. The summed E-state index contributed by atoms with van der Waals surface area (Å²) in [4.78, 5) is 6.61. The van der Waals surface area contributed by atoms with E-state index in [1.165, 1.54) is 23.7 Å². The lowest BCUT2D eigenvalue weighted by molar-refractivity contribution is -0.0985. The Morgan fingerprint density at radius 3 is 2.57 bits per heavy atom. The van der Waals surface area contributed by atoms with E-state index in [0.29, 0.717) is 11.4 Å². The molecule has 2 fully saturated rings. The summed E-state index contributed by atoms with van der Waals surface area (Å²) in [5.74, 6) is -0.861. The maximum atomic E-state index is 13.3. The molecule has 0 saturated carbocycles. The molecule has 1 spiro atoms.